The molecular formula is C23H25ClO4. The van der Waals surface area contributed by atoms with Crippen LogP contribution in [0.5, 0.6) is 11.5 Å². The summed E-state index contributed by atoms with van der Waals surface area (Å²) in [7, 11) is 0. The van der Waals surface area contributed by atoms with Crippen molar-refractivity contribution in [3.63, 3.8) is 0 Å². The van der Waals surface area contributed by atoms with E-state index in [9.17, 15) is 5.11 Å². The summed E-state index contributed by atoms with van der Waals surface area (Å²) < 4.78 is 16.9. The maximum atomic E-state index is 10.7. The molecule has 3 rings (SSSR count). The van der Waals surface area contributed by atoms with Gasteiger partial charge >= 0.3 is 0 Å². The van der Waals surface area contributed by atoms with E-state index in [0.717, 1.165) is 25.9 Å². The Balaban J connectivity index is 1.52. The molecular weight excluding hydrogens is 376 g/mol. The lowest BCUT2D eigenvalue weighted by Gasteiger charge is -2.22. The quantitative estimate of drug-likeness (QED) is 0.529. The molecule has 0 amide bonds. The number of halogens is 1. The molecule has 0 bridgehead atoms. The average molecular weight is 401 g/mol. The number of hydrogen-bond acceptors (Lipinski definition) is 4. The van der Waals surface area contributed by atoms with E-state index in [1.807, 2.05) is 12.1 Å². The predicted molar refractivity (Wildman–Crippen MR) is 109 cm³/mol. The molecule has 0 spiro atoms. The Labute approximate surface area is 171 Å². The van der Waals surface area contributed by atoms with Crippen LogP contribution >= 0.6 is 11.6 Å². The Morgan fingerprint density at radius 3 is 2.68 bits per heavy atom. The normalized spacial score (nSPS) is 18.6. The fourth-order valence-corrected chi connectivity index (χ4v) is 3.07. The zero-order valence-electron chi connectivity index (χ0n) is 16.0. The molecule has 5 heteroatoms. The van der Waals surface area contributed by atoms with Crippen molar-refractivity contribution in [3.8, 4) is 23.3 Å². The summed E-state index contributed by atoms with van der Waals surface area (Å²) in [6, 6.07) is 14.5. The fraction of sp³-hybridized carbons (Fsp3) is 0.391. The molecule has 0 aliphatic carbocycles. The van der Waals surface area contributed by atoms with Gasteiger partial charge < -0.3 is 19.3 Å². The number of hydrogen-bond donors (Lipinski definition) is 1. The minimum Gasteiger partial charge on any atom is -0.456 e. The largest absolute Gasteiger partial charge is 0.456 e. The summed E-state index contributed by atoms with van der Waals surface area (Å²) >= 11 is 6.11. The second kappa shape index (κ2) is 9.95. The van der Waals surface area contributed by atoms with E-state index >= 15 is 0 Å². The molecule has 1 N–H and O–H groups in total. The predicted octanol–water partition coefficient (Wildman–Crippen LogP) is 5.28. The van der Waals surface area contributed by atoms with Gasteiger partial charge in [-0.1, -0.05) is 47.7 Å². The standard InChI is InChI=1S/C23H25ClO4/c1-23(25,15-5-7-17-27-22-10-4-6-16-26-22)18-11-13-19(14-12-18)28-21-9-3-2-8-20(21)24/h2-3,8-9,11-14,22,25H,4,6-7,10,16-17H2,1H3. The topological polar surface area (TPSA) is 47.9 Å². The third-order valence-corrected chi connectivity index (χ3v) is 4.79. The van der Waals surface area contributed by atoms with Gasteiger partial charge in [0.05, 0.1) is 11.6 Å². The van der Waals surface area contributed by atoms with Gasteiger partial charge in [-0.3, -0.25) is 0 Å². The minimum atomic E-state index is -1.25. The van der Waals surface area contributed by atoms with Crippen LogP contribution in [-0.2, 0) is 15.1 Å². The van der Waals surface area contributed by atoms with Gasteiger partial charge in [-0.25, -0.2) is 0 Å². The van der Waals surface area contributed by atoms with E-state index in [4.69, 9.17) is 25.8 Å². The molecule has 4 nitrogen and oxygen atoms in total. The Morgan fingerprint density at radius 2 is 1.96 bits per heavy atom. The number of para-hydroxylation sites is 1. The Kier molecular flexibility index (Phi) is 7.36. The van der Waals surface area contributed by atoms with Gasteiger partial charge in [-0.2, -0.15) is 0 Å². The van der Waals surface area contributed by atoms with Crippen LogP contribution in [0, 0.1) is 11.8 Å². The van der Waals surface area contributed by atoms with Crippen LogP contribution in [0.2, 0.25) is 5.02 Å². The van der Waals surface area contributed by atoms with E-state index in [2.05, 4.69) is 11.8 Å². The monoisotopic (exact) mass is 400 g/mol. The Morgan fingerprint density at radius 1 is 1.18 bits per heavy atom. The molecule has 2 aromatic rings. The Bertz CT molecular complexity index is 814. The van der Waals surface area contributed by atoms with Crippen molar-refractivity contribution in [1.82, 2.24) is 0 Å². The first-order valence-electron chi connectivity index (χ1n) is 9.53. The van der Waals surface area contributed by atoms with Crippen molar-refractivity contribution in [3.05, 3.63) is 59.1 Å². The van der Waals surface area contributed by atoms with Crippen LogP contribution in [0.1, 0.15) is 38.2 Å². The van der Waals surface area contributed by atoms with Crippen LogP contribution in [0.4, 0.5) is 0 Å². The molecule has 148 valence electrons. The second-order valence-electron chi connectivity index (χ2n) is 6.85. The molecule has 2 unspecified atom stereocenters. The highest BCUT2D eigenvalue weighted by molar-refractivity contribution is 6.32. The van der Waals surface area contributed by atoms with Crippen molar-refractivity contribution < 1.29 is 19.3 Å². The molecule has 2 atom stereocenters. The SMILES string of the molecule is CC(O)(C#CCCOC1CCCCO1)c1ccc(Oc2ccccc2Cl)cc1. The molecule has 1 heterocycles. The highest BCUT2D eigenvalue weighted by Crippen LogP contribution is 2.30. The summed E-state index contributed by atoms with van der Waals surface area (Å²) in [5, 5.41) is 11.2. The van der Waals surface area contributed by atoms with Gasteiger partial charge in [0.1, 0.15) is 17.1 Å². The van der Waals surface area contributed by atoms with Crippen LogP contribution in [0.3, 0.4) is 0 Å². The number of benzene rings is 2. The molecule has 0 radical (unpaired) electrons. The average Bonchev–Trinajstić information content (AvgIpc) is 2.71. The van der Waals surface area contributed by atoms with Gasteiger partial charge in [0.2, 0.25) is 0 Å². The van der Waals surface area contributed by atoms with Gasteiger partial charge in [-0.15, -0.1) is 0 Å². The highest BCUT2D eigenvalue weighted by Gasteiger charge is 2.20. The third-order valence-electron chi connectivity index (χ3n) is 4.48. The first-order valence-corrected chi connectivity index (χ1v) is 9.91. The van der Waals surface area contributed by atoms with E-state index in [-0.39, 0.29) is 6.29 Å². The zero-order chi connectivity index (χ0) is 19.8. The summed E-state index contributed by atoms with van der Waals surface area (Å²) in [6.07, 6.45) is 3.62. The maximum absolute atomic E-state index is 10.7. The van der Waals surface area contributed by atoms with Gasteiger partial charge in [0.25, 0.3) is 0 Å². The molecule has 1 aliphatic rings. The molecule has 2 aromatic carbocycles. The van der Waals surface area contributed by atoms with Crippen LogP contribution < -0.4 is 4.74 Å². The fourth-order valence-electron chi connectivity index (χ4n) is 2.89. The minimum absolute atomic E-state index is 0.110. The molecule has 28 heavy (non-hydrogen) atoms. The lowest BCUT2D eigenvalue weighted by atomic mass is 9.96. The molecule has 0 saturated carbocycles. The van der Waals surface area contributed by atoms with E-state index in [0.29, 0.717) is 35.1 Å². The maximum Gasteiger partial charge on any atom is 0.157 e. The van der Waals surface area contributed by atoms with Crippen LogP contribution in [-0.4, -0.2) is 24.6 Å². The van der Waals surface area contributed by atoms with Crippen LogP contribution in [0.15, 0.2) is 48.5 Å². The Hall–Kier alpha value is -2.03. The lowest BCUT2D eigenvalue weighted by molar-refractivity contribution is -0.161. The zero-order valence-corrected chi connectivity index (χ0v) is 16.7. The van der Waals surface area contributed by atoms with E-state index in [1.165, 1.54) is 0 Å². The summed E-state index contributed by atoms with van der Waals surface area (Å²) in [5.41, 5.74) is -0.549. The van der Waals surface area contributed by atoms with Gasteiger partial charge in [-0.05, 0) is 56.0 Å². The second-order valence-corrected chi connectivity index (χ2v) is 7.25. The molecule has 1 aliphatic heterocycles. The molecule has 0 aromatic heterocycles. The summed E-state index contributed by atoms with van der Waals surface area (Å²) in [5.74, 6) is 7.14. The van der Waals surface area contributed by atoms with Gasteiger partial charge in [0.15, 0.2) is 6.29 Å². The highest BCUT2D eigenvalue weighted by atomic mass is 35.5. The van der Waals surface area contributed by atoms with Crippen molar-refractivity contribution in [2.24, 2.45) is 0 Å². The third kappa shape index (κ3) is 5.98. The first kappa shape index (κ1) is 20.7. The molecule has 1 fully saturated rings. The van der Waals surface area contributed by atoms with Crippen molar-refractivity contribution >= 4 is 11.6 Å². The van der Waals surface area contributed by atoms with E-state index in [1.54, 1.807) is 43.3 Å². The molecule has 1 saturated heterocycles. The van der Waals surface area contributed by atoms with Crippen molar-refractivity contribution in [1.29, 1.82) is 0 Å². The first-order chi connectivity index (χ1) is 13.5. The van der Waals surface area contributed by atoms with Crippen molar-refractivity contribution in [2.75, 3.05) is 13.2 Å². The summed E-state index contributed by atoms with van der Waals surface area (Å²) in [4.78, 5) is 0. The number of ether oxygens (including phenoxy) is 3. The van der Waals surface area contributed by atoms with E-state index < -0.39 is 5.60 Å². The lowest BCUT2D eigenvalue weighted by Crippen LogP contribution is -2.22. The summed E-state index contributed by atoms with van der Waals surface area (Å²) in [6.45, 7) is 2.94. The number of rotatable bonds is 6. The smallest absolute Gasteiger partial charge is 0.157 e. The van der Waals surface area contributed by atoms with Crippen molar-refractivity contribution in [2.45, 2.75) is 44.5 Å². The number of aliphatic hydroxyl groups is 1. The van der Waals surface area contributed by atoms with Gasteiger partial charge in [0, 0.05) is 13.0 Å². The van der Waals surface area contributed by atoms with Crippen LogP contribution in [0.25, 0.3) is 0 Å².